The van der Waals surface area contributed by atoms with Crippen LogP contribution in [0.1, 0.15) is 62.1 Å². The fraction of sp³-hybridized carbons (Fsp3) is 0. The van der Waals surface area contributed by atoms with Crippen LogP contribution in [0.2, 0.25) is 0 Å². The number of carboxylic acids is 6. The molecule has 0 bridgehead atoms. The molecule has 14 heteroatoms. The fourth-order valence-electron chi connectivity index (χ4n) is 2.52. The molecule has 12 nitrogen and oxygen atoms in total. The van der Waals surface area contributed by atoms with Gasteiger partial charge in [-0.2, -0.15) is 0 Å². The second-order valence-corrected chi connectivity index (χ2v) is 6.36. The van der Waals surface area contributed by atoms with E-state index in [1.54, 1.807) is 0 Å². The van der Waals surface area contributed by atoms with Gasteiger partial charge in [-0.05, 0) is 0 Å². The zero-order valence-corrected chi connectivity index (χ0v) is 23.1. The predicted molar refractivity (Wildman–Crippen MR) is 105 cm³/mol. The van der Waals surface area contributed by atoms with E-state index in [2.05, 4.69) is 0 Å². The number of hydrogen-bond acceptors (Lipinski definition) is 12. The summed E-state index contributed by atoms with van der Waals surface area (Å²) < 4.78 is 0. The van der Waals surface area contributed by atoms with Gasteiger partial charge in [0.15, 0.2) is 0 Å². The number of aromatic carboxylic acids is 6. The monoisotopic (exact) mass is 678 g/mol. The van der Waals surface area contributed by atoms with Crippen LogP contribution in [0.25, 0.3) is 0 Å². The molecule has 0 saturated heterocycles. The molecule has 0 N–H and O–H groups in total. The predicted octanol–water partition coefficient (Wildman–Crippen LogP) is -4.76. The van der Waals surface area contributed by atoms with Crippen LogP contribution in [0.4, 0.5) is 0 Å². The Morgan fingerprint density at radius 2 is 0.421 bits per heavy atom. The summed E-state index contributed by atoms with van der Waals surface area (Å²) in [5.41, 5.74) is -2.18. The first-order valence-electron chi connectivity index (χ1n) is 9.43. The SMILES string of the molecule is O=C([O-])c1ccccc1C(=O)[O-].O=C([O-])c1ccccc1C(=O)[O-].O=C([O-])c1ccccc1C(=O)[O-].[Nb+3].[Nb+3]. The van der Waals surface area contributed by atoms with E-state index in [0.29, 0.717) is 0 Å². The van der Waals surface area contributed by atoms with Crippen LogP contribution in [-0.4, -0.2) is 35.8 Å². The van der Waals surface area contributed by atoms with Crippen LogP contribution < -0.4 is 30.6 Å². The molecule has 0 aliphatic heterocycles. The van der Waals surface area contributed by atoms with Crippen LogP contribution in [0.3, 0.4) is 0 Å². The Kier molecular flexibility index (Phi) is 16.6. The van der Waals surface area contributed by atoms with Gasteiger partial charge < -0.3 is 59.4 Å². The van der Waals surface area contributed by atoms with Gasteiger partial charge in [-0.3, -0.25) is 0 Å². The number of hydrogen-bond donors (Lipinski definition) is 0. The molecule has 0 aromatic heterocycles. The first-order chi connectivity index (χ1) is 16.9. The molecular weight excluding hydrogens is 666 g/mol. The van der Waals surface area contributed by atoms with Crippen molar-refractivity contribution in [2.24, 2.45) is 0 Å². The van der Waals surface area contributed by atoms with Gasteiger partial charge in [0.1, 0.15) is 0 Å². The quantitative estimate of drug-likeness (QED) is 0.223. The molecule has 0 heterocycles. The third kappa shape index (κ3) is 10.9. The van der Waals surface area contributed by atoms with Gasteiger partial charge >= 0.3 is 44.8 Å². The average Bonchev–Trinajstić information content (AvgIpc) is 2.84. The number of rotatable bonds is 6. The van der Waals surface area contributed by atoms with Crippen LogP contribution in [0.15, 0.2) is 72.8 Å². The molecule has 38 heavy (non-hydrogen) atoms. The molecule has 3 aromatic rings. The average molecular weight is 678 g/mol. The molecule has 0 saturated carbocycles. The minimum Gasteiger partial charge on any atom is -0.545 e. The minimum atomic E-state index is -1.52. The zero-order chi connectivity index (χ0) is 27.4. The van der Waals surface area contributed by atoms with Crippen molar-refractivity contribution in [2.75, 3.05) is 0 Å². The number of carbonyl (C=O) groups excluding carboxylic acids is 6. The Balaban J connectivity index is 0. The van der Waals surface area contributed by atoms with Crippen LogP contribution in [-0.2, 0) is 44.8 Å². The maximum Gasteiger partial charge on any atom is 3.00 e. The van der Waals surface area contributed by atoms with Crippen molar-refractivity contribution < 1.29 is 104 Å². The molecule has 0 fully saturated rings. The Bertz CT molecular complexity index is 1060. The third-order valence-electron chi connectivity index (χ3n) is 4.10. The molecule has 3 rings (SSSR count). The van der Waals surface area contributed by atoms with Crippen LogP contribution in [0, 0.1) is 0 Å². The van der Waals surface area contributed by atoms with E-state index in [0.717, 1.165) is 36.4 Å². The minimum absolute atomic E-state index is 0. The van der Waals surface area contributed by atoms with Crippen molar-refractivity contribution in [1.29, 1.82) is 0 Å². The van der Waals surface area contributed by atoms with E-state index in [4.69, 9.17) is 0 Å². The topological polar surface area (TPSA) is 241 Å². The second kappa shape index (κ2) is 17.4. The Morgan fingerprint density at radius 1 is 0.316 bits per heavy atom. The van der Waals surface area contributed by atoms with Crippen LogP contribution in [0.5, 0.6) is 0 Å². The fourth-order valence-corrected chi connectivity index (χ4v) is 2.52. The summed E-state index contributed by atoms with van der Waals surface area (Å²) >= 11 is 0. The summed E-state index contributed by atoms with van der Waals surface area (Å²) in [7, 11) is 0. The third-order valence-corrected chi connectivity index (χ3v) is 4.10. The van der Waals surface area contributed by atoms with Gasteiger partial charge in [-0.25, -0.2) is 0 Å². The van der Waals surface area contributed by atoms with Gasteiger partial charge in [0.25, 0.3) is 0 Å². The summed E-state index contributed by atoms with van der Waals surface area (Å²) in [6.45, 7) is 0. The Morgan fingerprint density at radius 3 is 0.500 bits per heavy atom. The zero-order valence-electron chi connectivity index (χ0n) is 18.7. The molecule has 0 unspecified atom stereocenters. The maximum atomic E-state index is 10.3. The van der Waals surface area contributed by atoms with Crippen molar-refractivity contribution in [3.05, 3.63) is 106 Å². The van der Waals surface area contributed by atoms with Crippen molar-refractivity contribution >= 4 is 35.8 Å². The van der Waals surface area contributed by atoms with Gasteiger partial charge in [-0.15, -0.1) is 0 Å². The molecular formula is C24H12Nb2O12. The van der Waals surface area contributed by atoms with E-state index in [9.17, 15) is 59.4 Å². The summed E-state index contributed by atoms with van der Waals surface area (Å²) in [6, 6.07) is 15.4. The number of carbonyl (C=O) groups is 6. The van der Waals surface area contributed by atoms with Crippen LogP contribution >= 0.6 is 0 Å². The van der Waals surface area contributed by atoms with Crippen molar-refractivity contribution in [1.82, 2.24) is 0 Å². The van der Waals surface area contributed by atoms with E-state index >= 15 is 0 Å². The summed E-state index contributed by atoms with van der Waals surface area (Å²) in [6.07, 6.45) is 0. The molecule has 0 aliphatic carbocycles. The van der Waals surface area contributed by atoms with Gasteiger partial charge in [0, 0.05) is 33.4 Å². The van der Waals surface area contributed by atoms with Crippen molar-refractivity contribution in [3.8, 4) is 0 Å². The first kappa shape index (κ1) is 36.1. The molecule has 190 valence electrons. The Hall–Kier alpha value is -4.04. The largest absolute Gasteiger partial charge is 3.00 e. The maximum absolute atomic E-state index is 10.3. The van der Waals surface area contributed by atoms with E-state index in [1.165, 1.54) is 36.4 Å². The molecule has 0 aliphatic rings. The van der Waals surface area contributed by atoms with E-state index in [1.807, 2.05) is 0 Å². The second-order valence-electron chi connectivity index (χ2n) is 6.36. The molecule has 0 atom stereocenters. The standard InChI is InChI=1S/3C8H6O4.2Nb/c3*9-7(10)5-3-1-2-4-6(5)8(11)12;;/h3*1-4H,(H,9,10)(H,11,12);;/q;;;2*+3/p-6. The van der Waals surface area contributed by atoms with Gasteiger partial charge in [0.05, 0.1) is 35.8 Å². The number of benzene rings is 3. The van der Waals surface area contributed by atoms with Crippen molar-refractivity contribution in [2.45, 2.75) is 0 Å². The first-order valence-corrected chi connectivity index (χ1v) is 9.43. The molecule has 0 radical (unpaired) electrons. The molecule has 3 aromatic carbocycles. The van der Waals surface area contributed by atoms with Gasteiger partial charge in [0.2, 0.25) is 0 Å². The smallest absolute Gasteiger partial charge is 0.545 e. The van der Waals surface area contributed by atoms with E-state index < -0.39 is 35.8 Å². The van der Waals surface area contributed by atoms with E-state index in [-0.39, 0.29) is 78.1 Å². The van der Waals surface area contributed by atoms with Gasteiger partial charge in [-0.1, -0.05) is 72.8 Å². The molecule has 0 spiro atoms. The molecule has 0 amide bonds. The Labute approximate surface area is 245 Å². The number of carboxylic acid groups (broad SMARTS) is 6. The van der Waals surface area contributed by atoms with Crippen molar-refractivity contribution in [3.63, 3.8) is 0 Å². The normalized spacial score (nSPS) is 8.84. The summed E-state index contributed by atoms with van der Waals surface area (Å²) in [5.74, 6) is -9.11. The summed E-state index contributed by atoms with van der Waals surface area (Å²) in [5, 5.41) is 61.9. The summed E-state index contributed by atoms with van der Waals surface area (Å²) in [4.78, 5) is 61.9.